The maximum absolute atomic E-state index is 5.88. The number of rotatable bonds is 5. The van der Waals surface area contributed by atoms with Gasteiger partial charge in [0.1, 0.15) is 5.82 Å². The Balaban J connectivity index is 1.65. The Morgan fingerprint density at radius 1 is 0.957 bits per heavy atom. The van der Waals surface area contributed by atoms with Crippen LogP contribution < -0.4 is 10.6 Å². The van der Waals surface area contributed by atoms with Crippen molar-refractivity contribution < 1.29 is 0 Å². The van der Waals surface area contributed by atoms with E-state index in [0.29, 0.717) is 12.5 Å². The van der Waals surface area contributed by atoms with Gasteiger partial charge in [0.15, 0.2) is 0 Å². The van der Waals surface area contributed by atoms with Crippen molar-refractivity contribution in [2.24, 2.45) is 0 Å². The number of nitrogens with one attached hydrogen (secondary N) is 2. The molecule has 0 spiro atoms. The molecule has 116 valence electrons. The number of halogens is 2. The van der Waals surface area contributed by atoms with Crippen molar-refractivity contribution in [1.82, 2.24) is 9.97 Å². The van der Waals surface area contributed by atoms with Crippen molar-refractivity contribution in [3.63, 3.8) is 0 Å². The molecule has 0 unspecified atom stereocenters. The highest BCUT2D eigenvalue weighted by atomic mass is 79.9. The molecule has 2 aromatic carbocycles. The van der Waals surface area contributed by atoms with Crippen LogP contribution in [0, 0.1) is 0 Å². The van der Waals surface area contributed by atoms with E-state index in [1.807, 2.05) is 54.6 Å². The van der Waals surface area contributed by atoms with E-state index in [1.54, 1.807) is 6.20 Å². The smallest absolute Gasteiger partial charge is 0.224 e. The van der Waals surface area contributed by atoms with Gasteiger partial charge >= 0.3 is 0 Å². The lowest BCUT2D eigenvalue weighted by molar-refractivity contribution is 1.06. The molecule has 4 nitrogen and oxygen atoms in total. The van der Waals surface area contributed by atoms with E-state index in [2.05, 4.69) is 36.5 Å². The van der Waals surface area contributed by atoms with Crippen LogP contribution in [0.3, 0.4) is 0 Å². The first kappa shape index (κ1) is 15.8. The van der Waals surface area contributed by atoms with Gasteiger partial charge in [0.05, 0.1) is 0 Å². The molecular formula is C17H14BrClN4. The van der Waals surface area contributed by atoms with Gasteiger partial charge in [0.25, 0.3) is 0 Å². The molecule has 2 N–H and O–H groups in total. The van der Waals surface area contributed by atoms with Crippen LogP contribution in [0.25, 0.3) is 0 Å². The normalized spacial score (nSPS) is 10.3. The molecule has 1 aromatic heterocycles. The summed E-state index contributed by atoms with van der Waals surface area (Å²) < 4.78 is 1.04. The van der Waals surface area contributed by atoms with Crippen LogP contribution in [0.5, 0.6) is 0 Å². The maximum atomic E-state index is 5.88. The molecule has 0 amide bonds. The van der Waals surface area contributed by atoms with Gasteiger partial charge in [-0.1, -0.05) is 39.7 Å². The van der Waals surface area contributed by atoms with Crippen LogP contribution in [0.4, 0.5) is 17.5 Å². The van der Waals surface area contributed by atoms with Crippen molar-refractivity contribution in [1.29, 1.82) is 0 Å². The molecule has 0 radical (unpaired) electrons. The van der Waals surface area contributed by atoms with Crippen LogP contribution in [0.15, 0.2) is 65.3 Å². The monoisotopic (exact) mass is 388 g/mol. The predicted octanol–water partition coefficient (Wildman–Crippen LogP) is 5.25. The Hall–Kier alpha value is -2.11. The van der Waals surface area contributed by atoms with E-state index in [4.69, 9.17) is 11.6 Å². The minimum Gasteiger partial charge on any atom is -0.350 e. The molecule has 0 aliphatic carbocycles. The summed E-state index contributed by atoms with van der Waals surface area (Å²) in [5.74, 6) is 1.31. The second-order valence-electron chi connectivity index (χ2n) is 4.88. The van der Waals surface area contributed by atoms with E-state index in [1.165, 1.54) is 0 Å². The van der Waals surface area contributed by atoms with Gasteiger partial charge < -0.3 is 10.6 Å². The summed E-state index contributed by atoms with van der Waals surface area (Å²) in [6.45, 7) is 0.638. The summed E-state index contributed by atoms with van der Waals surface area (Å²) in [5, 5.41) is 7.18. The first-order valence-corrected chi connectivity index (χ1v) is 8.20. The summed E-state index contributed by atoms with van der Waals surface area (Å²) in [6, 6.07) is 17.4. The van der Waals surface area contributed by atoms with Crippen molar-refractivity contribution in [2.75, 3.05) is 10.6 Å². The standard InChI is InChI=1S/C17H14BrClN4/c18-13-3-7-15(8-4-13)22-16-9-10-20-17(23-16)21-11-12-1-5-14(19)6-2-12/h1-10H,11H2,(H2,20,21,22,23). The SMILES string of the molecule is Clc1ccc(CNc2nccc(Nc3ccc(Br)cc3)n2)cc1. The lowest BCUT2D eigenvalue weighted by Crippen LogP contribution is -2.04. The quantitative estimate of drug-likeness (QED) is 0.626. The van der Waals surface area contributed by atoms with Crippen molar-refractivity contribution in [3.05, 3.63) is 75.9 Å². The minimum atomic E-state index is 0.571. The Bertz CT molecular complexity index is 775. The van der Waals surface area contributed by atoms with Crippen LogP contribution in [0.1, 0.15) is 5.56 Å². The lowest BCUT2D eigenvalue weighted by Gasteiger charge is -2.08. The highest BCUT2D eigenvalue weighted by Crippen LogP contribution is 2.18. The van der Waals surface area contributed by atoms with Gasteiger partial charge in [-0.25, -0.2) is 4.98 Å². The van der Waals surface area contributed by atoms with Crippen molar-refractivity contribution in [3.8, 4) is 0 Å². The van der Waals surface area contributed by atoms with Gasteiger partial charge in [0, 0.05) is 27.9 Å². The molecule has 3 rings (SSSR count). The molecule has 0 atom stereocenters. The number of nitrogens with zero attached hydrogens (tertiary/aromatic N) is 2. The Kier molecular flexibility index (Phi) is 5.10. The van der Waals surface area contributed by atoms with Crippen LogP contribution in [-0.4, -0.2) is 9.97 Å². The molecular weight excluding hydrogens is 376 g/mol. The molecule has 0 fully saturated rings. The zero-order chi connectivity index (χ0) is 16.1. The van der Waals surface area contributed by atoms with E-state index in [-0.39, 0.29) is 0 Å². The molecule has 3 aromatic rings. The molecule has 0 bridgehead atoms. The number of hydrogen-bond donors (Lipinski definition) is 2. The van der Waals surface area contributed by atoms with Crippen LogP contribution in [-0.2, 0) is 6.54 Å². The summed E-state index contributed by atoms with van der Waals surface area (Å²) in [6.07, 6.45) is 1.72. The first-order chi connectivity index (χ1) is 11.2. The molecule has 1 heterocycles. The third kappa shape index (κ3) is 4.68. The summed E-state index contributed by atoms with van der Waals surface area (Å²) in [5.41, 5.74) is 2.08. The molecule has 6 heteroatoms. The molecule has 0 aliphatic heterocycles. The lowest BCUT2D eigenvalue weighted by atomic mass is 10.2. The van der Waals surface area contributed by atoms with E-state index < -0.39 is 0 Å². The average Bonchev–Trinajstić information content (AvgIpc) is 2.57. The summed E-state index contributed by atoms with van der Waals surface area (Å²) in [7, 11) is 0. The van der Waals surface area contributed by atoms with Gasteiger partial charge in [-0.05, 0) is 48.0 Å². The molecule has 0 saturated carbocycles. The van der Waals surface area contributed by atoms with Crippen LogP contribution in [0.2, 0.25) is 5.02 Å². The fourth-order valence-electron chi connectivity index (χ4n) is 1.98. The third-order valence-corrected chi connectivity index (χ3v) is 3.92. The fraction of sp³-hybridized carbons (Fsp3) is 0.0588. The van der Waals surface area contributed by atoms with Gasteiger partial charge in [-0.2, -0.15) is 4.98 Å². The fourth-order valence-corrected chi connectivity index (χ4v) is 2.37. The number of hydrogen-bond acceptors (Lipinski definition) is 4. The Morgan fingerprint density at radius 2 is 1.70 bits per heavy atom. The zero-order valence-corrected chi connectivity index (χ0v) is 14.5. The Labute approximate surface area is 148 Å². The number of benzene rings is 2. The minimum absolute atomic E-state index is 0.571. The molecule has 0 saturated heterocycles. The number of anilines is 3. The van der Waals surface area contributed by atoms with Gasteiger partial charge in [-0.3, -0.25) is 0 Å². The van der Waals surface area contributed by atoms with Crippen LogP contribution >= 0.6 is 27.5 Å². The van der Waals surface area contributed by atoms with Crippen molar-refractivity contribution >= 4 is 45.0 Å². The molecule has 23 heavy (non-hydrogen) atoms. The third-order valence-electron chi connectivity index (χ3n) is 3.14. The summed E-state index contributed by atoms with van der Waals surface area (Å²) >= 11 is 9.30. The zero-order valence-electron chi connectivity index (χ0n) is 12.1. The van der Waals surface area contributed by atoms with E-state index in [9.17, 15) is 0 Å². The number of aromatic nitrogens is 2. The van der Waals surface area contributed by atoms with Gasteiger partial charge in [0.2, 0.25) is 5.95 Å². The van der Waals surface area contributed by atoms with Crippen molar-refractivity contribution in [2.45, 2.75) is 6.54 Å². The predicted molar refractivity (Wildman–Crippen MR) is 98.2 cm³/mol. The maximum Gasteiger partial charge on any atom is 0.224 e. The molecule has 0 aliphatic rings. The topological polar surface area (TPSA) is 49.8 Å². The summed E-state index contributed by atoms with van der Waals surface area (Å²) in [4.78, 5) is 8.68. The van der Waals surface area contributed by atoms with Gasteiger partial charge in [-0.15, -0.1) is 0 Å². The highest BCUT2D eigenvalue weighted by Gasteiger charge is 2.01. The van der Waals surface area contributed by atoms with E-state index in [0.717, 1.165) is 26.6 Å². The average molecular weight is 390 g/mol. The Morgan fingerprint density at radius 3 is 2.43 bits per heavy atom. The highest BCUT2D eigenvalue weighted by molar-refractivity contribution is 9.10. The second kappa shape index (κ2) is 7.44. The van der Waals surface area contributed by atoms with E-state index >= 15 is 0 Å². The largest absolute Gasteiger partial charge is 0.350 e. The second-order valence-corrected chi connectivity index (χ2v) is 6.23. The first-order valence-electron chi connectivity index (χ1n) is 7.03.